The monoisotopic (exact) mass is 435 g/mol. The van der Waals surface area contributed by atoms with Crippen LogP contribution in [0.5, 0.6) is 5.75 Å². The van der Waals surface area contributed by atoms with Gasteiger partial charge < -0.3 is 20.3 Å². The van der Waals surface area contributed by atoms with Gasteiger partial charge in [-0.1, -0.05) is 0 Å². The van der Waals surface area contributed by atoms with Crippen molar-refractivity contribution >= 4 is 23.2 Å². The Kier molecular flexibility index (Phi) is 7.04. The predicted molar refractivity (Wildman–Crippen MR) is 111 cm³/mol. The van der Waals surface area contributed by atoms with Gasteiger partial charge in [-0.2, -0.15) is 13.2 Å². The summed E-state index contributed by atoms with van der Waals surface area (Å²) in [6, 6.07) is 9.67. The molecule has 2 amide bonds. The Morgan fingerprint density at radius 3 is 2.32 bits per heavy atom. The number of ether oxygens (including phenoxy) is 1. The van der Waals surface area contributed by atoms with Crippen molar-refractivity contribution in [2.24, 2.45) is 0 Å². The van der Waals surface area contributed by atoms with Gasteiger partial charge in [0, 0.05) is 18.7 Å². The summed E-state index contributed by atoms with van der Waals surface area (Å²) in [6.07, 6.45) is -1.59. The van der Waals surface area contributed by atoms with Crippen LogP contribution in [0, 0.1) is 0 Å². The van der Waals surface area contributed by atoms with Crippen LogP contribution in [0.25, 0.3) is 0 Å². The number of nitrogens with zero attached hydrogens (tertiary/aromatic N) is 1. The van der Waals surface area contributed by atoms with Crippen molar-refractivity contribution in [1.82, 2.24) is 5.32 Å². The van der Waals surface area contributed by atoms with Gasteiger partial charge in [-0.05, 0) is 61.7 Å². The molecule has 0 saturated carbocycles. The highest BCUT2D eigenvalue weighted by molar-refractivity contribution is 6.00. The molecule has 166 valence electrons. The maximum Gasteiger partial charge on any atom is 0.416 e. The quantitative estimate of drug-likeness (QED) is 0.718. The molecule has 1 heterocycles. The minimum Gasteiger partial charge on any atom is -0.497 e. The van der Waals surface area contributed by atoms with Crippen molar-refractivity contribution in [2.75, 3.05) is 37.0 Å². The zero-order valence-electron chi connectivity index (χ0n) is 17.1. The molecule has 6 nitrogen and oxygen atoms in total. The summed E-state index contributed by atoms with van der Waals surface area (Å²) in [6.45, 7) is 1.05. The number of rotatable bonds is 6. The second-order valence-corrected chi connectivity index (χ2v) is 7.24. The summed E-state index contributed by atoms with van der Waals surface area (Å²) >= 11 is 0. The van der Waals surface area contributed by atoms with Gasteiger partial charge in [-0.3, -0.25) is 9.59 Å². The van der Waals surface area contributed by atoms with Crippen LogP contribution in [0.1, 0.15) is 35.2 Å². The molecule has 0 atom stereocenters. The fourth-order valence-electron chi connectivity index (χ4n) is 3.42. The molecule has 0 aliphatic carbocycles. The smallest absolute Gasteiger partial charge is 0.416 e. The van der Waals surface area contributed by atoms with Crippen LogP contribution >= 0.6 is 0 Å². The molecule has 0 radical (unpaired) electrons. The molecule has 0 bridgehead atoms. The maximum absolute atomic E-state index is 13.2. The van der Waals surface area contributed by atoms with E-state index in [1.165, 1.54) is 13.2 Å². The third kappa shape index (κ3) is 5.90. The molecular formula is C22H24F3N3O3. The van der Waals surface area contributed by atoms with Crippen LogP contribution in [0.15, 0.2) is 42.5 Å². The number of methoxy groups -OCH3 is 1. The lowest BCUT2D eigenvalue weighted by atomic mass is 10.1. The zero-order chi connectivity index (χ0) is 22.4. The molecule has 2 N–H and O–H groups in total. The van der Waals surface area contributed by atoms with E-state index in [1.54, 1.807) is 24.3 Å². The summed E-state index contributed by atoms with van der Waals surface area (Å²) in [4.78, 5) is 26.6. The number of piperidine rings is 1. The fraction of sp³-hybridized carbons (Fsp3) is 0.364. The molecule has 0 spiro atoms. The molecule has 31 heavy (non-hydrogen) atoms. The van der Waals surface area contributed by atoms with Crippen molar-refractivity contribution in [3.05, 3.63) is 53.6 Å². The molecule has 9 heteroatoms. The number of alkyl halides is 3. The molecule has 1 aliphatic rings. The molecule has 3 rings (SSSR count). The van der Waals surface area contributed by atoms with Crippen molar-refractivity contribution in [3.8, 4) is 5.75 Å². The lowest BCUT2D eigenvalue weighted by Gasteiger charge is -2.31. The Hall–Kier alpha value is -3.23. The summed E-state index contributed by atoms with van der Waals surface area (Å²) in [5.74, 6) is -0.498. The van der Waals surface area contributed by atoms with E-state index in [9.17, 15) is 22.8 Å². The second-order valence-electron chi connectivity index (χ2n) is 7.24. The number of halogens is 3. The Morgan fingerprint density at radius 1 is 1.03 bits per heavy atom. The second kappa shape index (κ2) is 9.72. The lowest BCUT2D eigenvalue weighted by molar-refractivity contribution is -0.137. The first-order valence-electron chi connectivity index (χ1n) is 9.96. The van der Waals surface area contributed by atoms with Crippen LogP contribution < -0.4 is 20.3 Å². The topological polar surface area (TPSA) is 70.7 Å². The van der Waals surface area contributed by atoms with E-state index in [4.69, 9.17) is 4.74 Å². The standard InChI is InChI=1S/C22H24F3N3O3/c1-31-17-8-5-15(6-9-17)21(30)26-14-20(29)27-18-13-16(22(23,24)25)7-10-19(18)28-11-3-2-4-12-28/h5-10,13H,2-4,11-12,14H2,1H3,(H,26,30)(H,27,29). The van der Waals surface area contributed by atoms with E-state index in [0.29, 0.717) is 30.1 Å². The SMILES string of the molecule is COc1ccc(C(=O)NCC(=O)Nc2cc(C(F)(F)F)ccc2N2CCCCC2)cc1. The number of anilines is 2. The van der Waals surface area contributed by atoms with Gasteiger partial charge in [0.05, 0.1) is 30.6 Å². The first-order valence-corrected chi connectivity index (χ1v) is 9.96. The molecule has 0 aromatic heterocycles. The van der Waals surface area contributed by atoms with Crippen molar-refractivity contribution in [2.45, 2.75) is 25.4 Å². The first kappa shape index (κ1) is 22.5. The minimum atomic E-state index is -4.53. The normalized spacial score (nSPS) is 14.1. The van der Waals surface area contributed by atoms with Gasteiger partial charge in [0.15, 0.2) is 0 Å². The summed E-state index contributed by atoms with van der Waals surface area (Å²) in [7, 11) is 1.51. The van der Waals surface area contributed by atoms with Crippen LogP contribution in [0.3, 0.4) is 0 Å². The third-order valence-corrected chi connectivity index (χ3v) is 5.06. The Bertz CT molecular complexity index is 924. The Labute approximate surface area is 178 Å². The van der Waals surface area contributed by atoms with Gasteiger partial charge in [-0.25, -0.2) is 0 Å². The highest BCUT2D eigenvalue weighted by Gasteiger charge is 2.32. The van der Waals surface area contributed by atoms with Gasteiger partial charge in [0.2, 0.25) is 5.91 Å². The van der Waals surface area contributed by atoms with Crippen LogP contribution in [0.2, 0.25) is 0 Å². The number of nitrogens with one attached hydrogen (secondary N) is 2. The first-order chi connectivity index (χ1) is 14.8. The lowest BCUT2D eigenvalue weighted by Crippen LogP contribution is -2.34. The molecular weight excluding hydrogens is 411 g/mol. The Morgan fingerprint density at radius 2 is 1.71 bits per heavy atom. The number of carbonyl (C=O) groups is 2. The van der Waals surface area contributed by atoms with Gasteiger partial charge in [-0.15, -0.1) is 0 Å². The van der Waals surface area contributed by atoms with E-state index in [-0.39, 0.29) is 12.2 Å². The Balaban J connectivity index is 1.70. The number of carbonyl (C=O) groups excluding carboxylic acids is 2. The average molecular weight is 435 g/mol. The number of hydrogen-bond donors (Lipinski definition) is 2. The van der Waals surface area contributed by atoms with Crippen molar-refractivity contribution < 1.29 is 27.5 Å². The highest BCUT2D eigenvalue weighted by atomic mass is 19.4. The van der Waals surface area contributed by atoms with Crippen molar-refractivity contribution in [1.29, 1.82) is 0 Å². The number of hydrogen-bond acceptors (Lipinski definition) is 4. The summed E-state index contributed by atoms with van der Waals surface area (Å²) in [5, 5.41) is 5.00. The number of benzene rings is 2. The molecule has 0 unspecified atom stereocenters. The molecule has 2 aromatic carbocycles. The average Bonchev–Trinajstić information content (AvgIpc) is 2.77. The number of amides is 2. The third-order valence-electron chi connectivity index (χ3n) is 5.06. The van der Waals surface area contributed by atoms with Crippen molar-refractivity contribution in [3.63, 3.8) is 0 Å². The molecule has 1 aliphatic heterocycles. The van der Waals surface area contributed by atoms with Crippen LogP contribution in [0.4, 0.5) is 24.5 Å². The van der Waals surface area contributed by atoms with E-state index in [2.05, 4.69) is 10.6 Å². The van der Waals surface area contributed by atoms with Crippen LogP contribution in [-0.4, -0.2) is 38.6 Å². The molecule has 2 aromatic rings. The van der Waals surface area contributed by atoms with E-state index >= 15 is 0 Å². The summed E-state index contributed by atoms with van der Waals surface area (Å²) in [5.41, 5.74) is 0.121. The minimum absolute atomic E-state index is 0.0837. The largest absolute Gasteiger partial charge is 0.497 e. The maximum atomic E-state index is 13.2. The van der Waals surface area contributed by atoms with E-state index in [0.717, 1.165) is 31.4 Å². The highest BCUT2D eigenvalue weighted by Crippen LogP contribution is 2.36. The summed E-state index contributed by atoms with van der Waals surface area (Å²) < 4.78 is 44.6. The van der Waals surface area contributed by atoms with Gasteiger partial charge in [0.1, 0.15) is 5.75 Å². The zero-order valence-corrected chi connectivity index (χ0v) is 17.1. The fourth-order valence-corrected chi connectivity index (χ4v) is 3.42. The van der Waals surface area contributed by atoms with Crippen LogP contribution in [-0.2, 0) is 11.0 Å². The van der Waals surface area contributed by atoms with E-state index < -0.39 is 23.6 Å². The molecule has 1 saturated heterocycles. The van der Waals surface area contributed by atoms with Gasteiger partial charge >= 0.3 is 6.18 Å². The molecule has 1 fully saturated rings. The van der Waals surface area contributed by atoms with Gasteiger partial charge in [0.25, 0.3) is 5.91 Å². The van der Waals surface area contributed by atoms with E-state index in [1.807, 2.05) is 4.90 Å². The predicted octanol–water partition coefficient (Wildman–Crippen LogP) is 4.07.